The zero-order chi connectivity index (χ0) is 10.6. The predicted octanol–water partition coefficient (Wildman–Crippen LogP) is 0.132. The molecule has 0 bridgehead atoms. The maximum atomic E-state index is 11.1. The lowest BCUT2D eigenvalue weighted by atomic mass is 9.73. The van der Waals surface area contributed by atoms with Crippen molar-refractivity contribution in [2.45, 2.75) is 31.7 Å². The third-order valence-electron chi connectivity index (χ3n) is 2.87. The van der Waals surface area contributed by atoms with E-state index in [-0.39, 0.29) is 12.6 Å². The van der Waals surface area contributed by atoms with Gasteiger partial charge in [-0.2, -0.15) is 0 Å². The van der Waals surface area contributed by atoms with E-state index in [2.05, 4.69) is 4.74 Å². The van der Waals surface area contributed by atoms with Crippen molar-refractivity contribution in [3.05, 3.63) is 0 Å². The topological polar surface area (TPSA) is 89.6 Å². The molecular formula is C9H15NO4. The van der Waals surface area contributed by atoms with Crippen LogP contribution in [0.15, 0.2) is 0 Å². The third-order valence-corrected chi connectivity index (χ3v) is 2.87. The van der Waals surface area contributed by atoms with Crippen molar-refractivity contribution in [3.8, 4) is 0 Å². The van der Waals surface area contributed by atoms with E-state index in [1.807, 2.05) is 0 Å². The van der Waals surface area contributed by atoms with Crippen molar-refractivity contribution in [2.75, 3.05) is 6.61 Å². The first kappa shape index (κ1) is 11.0. The number of hydrogen-bond donors (Lipinski definition) is 2. The van der Waals surface area contributed by atoms with E-state index in [0.29, 0.717) is 32.2 Å². The Bertz CT molecular complexity index is 221. The lowest BCUT2D eigenvalue weighted by Crippen LogP contribution is -2.42. The average molecular weight is 201 g/mol. The summed E-state index contributed by atoms with van der Waals surface area (Å²) in [5, 5.41) is 9.06. The molecule has 1 fully saturated rings. The summed E-state index contributed by atoms with van der Waals surface area (Å²) in [6.45, 7) is 0.248. The van der Waals surface area contributed by atoms with Crippen molar-refractivity contribution in [1.82, 2.24) is 0 Å². The van der Waals surface area contributed by atoms with E-state index in [1.54, 1.807) is 0 Å². The summed E-state index contributed by atoms with van der Waals surface area (Å²) in [6.07, 6.45) is 2.32. The highest BCUT2D eigenvalue weighted by Crippen LogP contribution is 2.36. The van der Waals surface area contributed by atoms with Gasteiger partial charge in [0.2, 0.25) is 0 Å². The van der Waals surface area contributed by atoms with Crippen LogP contribution in [-0.4, -0.2) is 30.2 Å². The largest absolute Gasteiger partial charge is 0.481 e. The summed E-state index contributed by atoms with van der Waals surface area (Å²) in [4.78, 5) is 21.1. The number of carboxylic acid groups (broad SMARTS) is 1. The molecule has 14 heavy (non-hydrogen) atoms. The Hall–Kier alpha value is -1.10. The Kier molecular flexibility index (Phi) is 3.46. The normalized spacial score (nSPS) is 32.2. The first-order valence-electron chi connectivity index (χ1n) is 4.65. The van der Waals surface area contributed by atoms with E-state index in [1.165, 1.54) is 0 Å². The minimum Gasteiger partial charge on any atom is -0.481 e. The van der Waals surface area contributed by atoms with Gasteiger partial charge in [0, 0.05) is 6.04 Å². The molecule has 0 aromatic heterocycles. The molecule has 0 amide bonds. The molecule has 0 aromatic carbocycles. The van der Waals surface area contributed by atoms with E-state index in [4.69, 9.17) is 10.8 Å². The smallest absolute Gasteiger partial charge is 0.313 e. The van der Waals surface area contributed by atoms with Gasteiger partial charge in [0.05, 0.1) is 0 Å². The molecule has 0 unspecified atom stereocenters. The summed E-state index contributed by atoms with van der Waals surface area (Å²) in [5.41, 5.74) is 4.78. The number of aliphatic carboxylic acids is 1. The molecule has 5 nitrogen and oxygen atoms in total. The van der Waals surface area contributed by atoms with Crippen LogP contribution in [0.4, 0.5) is 0 Å². The van der Waals surface area contributed by atoms with Gasteiger partial charge in [-0.05, 0) is 25.7 Å². The van der Waals surface area contributed by atoms with Crippen LogP contribution in [-0.2, 0) is 14.3 Å². The summed E-state index contributed by atoms with van der Waals surface area (Å²) in [6, 6.07) is 0.0821. The van der Waals surface area contributed by atoms with Gasteiger partial charge in [0.25, 0.3) is 6.47 Å². The van der Waals surface area contributed by atoms with Crippen LogP contribution in [0.25, 0.3) is 0 Å². The molecule has 0 heterocycles. The van der Waals surface area contributed by atoms with Gasteiger partial charge in [0.15, 0.2) is 0 Å². The molecule has 1 aliphatic carbocycles. The zero-order valence-electron chi connectivity index (χ0n) is 7.94. The first-order valence-corrected chi connectivity index (χ1v) is 4.65. The van der Waals surface area contributed by atoms with Crippen LogP contribution in [0.1, 0.15) is 25.7 Å². The summed E-state index contributed by atoms with van der Waals surface area (Å²) in [7, 11) is 0. The highest BCUT2D eigenvalue weighted by molar-refractivity contribution is 5.75. The molecular weight excluding hydrogens is 186 g/mol. The second kappa shape index (κ2) is 4.41. The van der Waals surface area contributed by atoms with E-state index in [9.17, 15) is 9.59 Å². The number of hydrogen-bond acceptors (Lipinski definition) is 4. The molecule has 80 valence electrons. The van der Waals surface area contributed by atoms with Crippen LogP contribution in [0, 0.1) is 5.41 Å². The van der Waals surface area contributed by atoms with Crippen molar-refractivity contribution in [2.24, 2.45) is 11.1 Å². The van der Waals surface area contributed by atoms with Gasteiger partial charge in [-0.3, -0.25) is 9.59 Å². The van der Waals surface area contributed by atoms with Crippen LogP contribution < -0.4 is 5.73 Å². The van der Waals surface area contributed by atoms with Crippen LogP contribution in [0.3, 0.4) is 0 Å². The fraction of sp³-hybridized carbons (Fsp3) is 0.778. The number of ether oxygens (including phenoxy) is 1. The van der Waals surface area contributed by atoms with E-state index >= 15 is 0 Å². The number of rotatable bonds is 4. The zero-order valence-corrected chi connectivity index (χ0v) is 7.94. The van der Waals surface area contributed by atoms with Gasteiger partial charge in [-0.1, -0.05) is 0 Å². The van der Waals surface area contributed by atoms with Gasteiger partial charge in [-0.25, -0.2) is 0 Å². The molecule has 3 N–H and O–H groups in total. The minimum absolute atomic E-state index is 0.0431. The lowest BCUT2D eigenvalue weighted by Gasteiger charge is -2.34. The second-order valence-electron chi connectivity index (χ2n) is 3.83. The van der Waals surface area contributed by atoms with Gasteiger partial charge >= 0.3 is 5.97 Å². The highest BCUT2D eigenvalue weighted by atomic mass is 16.5. The Labute approximate surface area is 82.2 Å². The van der Waals surface area contributed by atoms with Gasteiger partial charge in [-0.15, -0.1) is 0 Å². The number of carbonyl (C=O) groups excluding carboxylic acids is 1. The monoisotopic (exact) mass is 201 g/mol. The quantitative estimate of drug-likeness (QED) is 0.631. The molecule has 5 heteroatoms. The second-order valence-corrected chi connectivity index (χ2v) is 3.83. The van der Waals surface area contributed by atoms with Gasteiger partial charge < -0.3 is 15.6 Å². The fourth-order valence-electron chi connectivity index (χ4n) is 1.81. The maximum Gasteiger partial charge on any atom is 0.313 e. The molecule has 0 aliphatic heterocycles. The van der Waals surface area contributed by atoms with E-state index in [0.717, 1.165) is 0 Å². The molecule has 0 saturated heterocycles. The third kappa shape index (κ3) is 2.23. The fourth-order valence-corrected chi connectivity index (χ4v) is 1.81. The number of carboxylic acids is 1. The van der Waals surface area contributed by atoms with Crippen LogP contribution in [0.2, 0.25) is 0 Å². The Morgan fingerprint density at radius 1 is 1.57 bits per heavy atom. The Balaban J connectivity index is 2.62. The van der Waals surface area contributed by atoms with Crippen molar-refractivity contribution >= 4 is 12.4 Å². The molecule has 1 rings (SSSR count). The molecule has 1 saturated carbocycles. The average Bonchev–Trinajstić information content (AvgIpc) is 2.17. The molecule has 0 radical (unpaired) electrons. The maximum absolute atomic E-state index is 11.1. The Morgan fingerprint density at radius 3 is 2.57 bits per heavy atom. The predicted molar refractivity (Wildman–Crippen MR) is 48.5 cm³/mol. The van der Waals surface area contributed by atoms with Crippen LogP contribution >= 0.6 is 0 Å². The standard InChI is InChI=1S/C9H15NO4/c10-7-1-3-9(4-2-7,8(12)13)5-14-6-11/h6-7H,1-5,10H2,(H,12,13). The molecule has 0 spiro atoms. The van der Waals surface area contributed by atoms with Crippen molar-refractivity contribution in [1.29, 1.82) is 0 Å². The molecule has 0 aromatic rings. The molecule has 1 aliphatic rings. The summed E-state index contributed by atoms with van der Waals surface area (Å²) >= 11 is 0. The van der Waals surface area contributed by atoms with E-state index < -0.39 is 11.4 Å². The van der Waals surface area contributed by atoms with Crippen molar-refractivity contribution in [3.63, 3.8) is 0 Å². The first-order chi connectivity index (χ1) is 6.60. The summed E-state index contributed by atoms with van der Waals surface area (Å²) < 4.78 is 4.57. The van der Waals surface area contributed by atoms with Crippen LogP contribution in [0.5, 0.6) is 0 Å². The molecule has 0 atom stereocenters. The number of nitrogens with two attached hydrogens (primary N) is 1. The van der Waals surface area contributed by atoms with Gasteiger partial charge in [0.1, 0.15) is 12.0 Å². The number of carbonyl (C=O) groups is 2. The van der Waals surface area contributed by atoms with Crippen molar-refractivity contribution < 1.29 is 19.4 Å². The SMILES string of the molecule is NC1CCC(COC=O)(C(=O)O)CC1. The Morgan fingerprint density at radius 2 is 2.14 bits per heavy atom. The highest BCUT2D eigenvalue weighted by Gasteiger charge is 2.42. The lowest BCUT2D eigenvalue weighted by molar-refractivity contribution is -0.157. The summed E-state index contributed by atoms with van der Waals surface area (Å²) in [5.74, 6) is -0.897. The minimum atomic E-state index is -0.906.